The van der Waals surface area contributed by atoms with Crippen LogP contribution in [0, 0.1) is 11.8 Å². The van der Waals surface area contributed by atoms with Crippen molar-refractivity contribution in [2.45, 2.75) is 25.7 Å². The SMILES string of the molecule is COc1ccc(C[C@@H](CCCOC(=O)c2cc(O)c(O)c(O)c2)[C@H](COC(=O)c2cc(O)c(O)c(O)c2)Cc2ccc(OC)cc2)cc1. The molecule has 0 bridgehead atoms. The van der Waals surface area contributed by atoms with Gasteiger partial charge in [0.05, 0.1) is 38.6 Å². The molecule has 0 aromatic heterocycles. The molecule has 0 amide bonds. The Morgan fingerprint density at radius 3 is 1.40 bits per heavy atom. The minimum Gasteiger partial charge on any atom is -0.504 e. The summed E-state index contributed by atoms with van der Waals surface area (Å²) in [5, 5.41) is 58.6. The summed E-state index contributed by atoms with van der Waals surface area (Å²) in [5.74, 6) is -4.74. The third-order valence-corrected chi connectivity index (χ3v) is 7.97. The van der Waals surface area contributed by atoms with Crippen molar-refractivity contribution in [3.8, 4) is 46.0 Å². The van der Waals surface area contributed by atoms with Gasteiger partial charge in [0.15, 0.2) is 34.5 Å². The number of aromatic hydroxyl groups is 6. The van der Waals surface area contributed by atoms with Gasteiger partial charge in [0.1, 0.15) is 11.5 Å². The number of phenols is 6. The zero-order valence-electron chi connectivity index (χ0n) is 26.5. The summed E-state index contributed by atoms with van der Waals surface area (Å²) in [6.45, 7) is -0.0403. The molecule has 0 fully saturated rings. The molecule has 2 atom stereocenters. The van der Waals surface area contributed by atoms with E-state index in [1.807, 2.05) is 48.5 Å². The molecule has 4 aromatic carbocycles. The van der Waals surface area contributed by atoms with E-state index < -0.39 is 46.4 Å². The zero-order chi connectivity index (χ0) is 34.8. The van der Waals surface area contributed by atoms with Crippen LogP contribution in [0.3, 0.4) is 0 Å². The van der Waals surface area contributed by atoms with E-state index in [1.54, 1.807) is 14.2 Å². The lowest BCUT2D eigenvalue weighted by atomic mass is 9.80. The molecule has 0 heterocycles. The van der Waals surface area contributed by atoms with Crippen LogP contribution in [0.2, 0.25) is 0 Å². The van der Waals surface area contributed by atoms with Crippen LogP contribution in [0.25, 0.3) is 0 Å². The first kappa shape index (κ1) is 35.1. The number of phenolic OH excluding ortho intramolecular Hbond substituents is 6. The van der Waals surface area contributed by atoms with Gasteiger partial charge >= 0.3 is 11.9 Å². The normalized spacial score (nSPS) is 12.1. The molecule has 254 valence electrons. The first-order valence-electron chi connectivity index (χ1n) is 15.1. The predicted octanol–water partition coefficient (Wildman–Crippen LogP) is 5.45. The van der Waals surface area contributed by atoms with Gasteiger partial charge in [0, 0.05) is 5.92 Å². The lowest BCUT2D eigenvalue weighted by Crippen LogP contribution is -2.26. The molecule has 4 rings (SSSR count). The Hall–Kier alpha value is -5.78. The van der Waals surface area contributed by atoms with Crippen LogP contribution in [-0.4, -0.2) is 70.0 Å². The topological polar surface area (TPSA) is 192 Å². The van der Waals surface area contributed by atoms with Crippen molar-refractivity contribution in [2.75, 3.05) is 27.4 Å². The second kappa shape index (κ2) is 16.2. The van der Waals surface area contributed by atoms with E-state index in [2.05, 4.69) is 0 Å². The molecule has 4 aromatic rings. The Labute approximate surface area is 277 Å². The number of ether oxygens (including phenoxy) is 4. The number of esters is 2. The van der Waals surface area contributed by atoms with Crippen molar-refractivity contribution in [1.29, 1.82) is 0 Å². The summed E-state index contributed by atoms with van der Waals surface area (Å²) >= 11 is 0. The highest BCUT2D eigenvalue weighted by atomic mass is 16.5. The number of hydrogen-bond donors (Lipinski definition) is 6. The Morgan fingerprint density at radius 1 is 0.583 bits per heavy atom. The monoisotopic (exact) mass is 662 g/mol. The standard InChI is InChI=1S/C36H38O12/c1-45-27-9-5-21(6-10-27)14-23(4-3-13-47-35(43)24-16-29(37)33(41)30(38)17-24)26(15-22-7-11-28(46-2)12-8-22)20-48-36(44)25-18-31(39)34(42)32(40)19-25/h5-12,16-19,23,26,37-42H,3-4,13-15,20H2,1-2H3/t23-,26+/m1/s1. The number of hydrogen-bond acceptors (Lipinski definition) is 12. The Kier molecular flexibility index (Phi) is 11.8. The summed E-state index contributed by atoms with van der Waals surface area (Å²) in [7, 11) is 3.15. The summed E-state index contributed by atoms with van der Waals surface area (Å²) in [5.41, 5.74) is 1.67. The maximum atomic E-state index is 13.0. The third-order valence-electron chi connectivity index (χ3n) is 7.97. The zero-order valence-corrected chi connectivity index (χ0v) is 26.5. The number of carbonyl (C=O) groups is 2. The van der Waals surface area contributed by atoms with Crippen LogP contribution in [-0.2, 0) is 22.3 Å². The fourth-order valence-corrected chi connectivity index (χ4v) is 5.30. The van der Waals surface area contributed by atoms with Gasteiger partial charge in [-0.05, 0) is 91.3 Å². The van der Waals surface area contributed by atoms with Crippen LogP contribution in [0.1, 0.15) is 44.7 Å². The van der Waals surface area contributed by atoms with Crippen LogP contribution in [0.15, 0.2) is 72.8 Å². The lowest BCUT2D eigenvalue weighted by Gasteiger charge is -2.28. The molecule has 0 saturated carbocycles. The minimum absolute atomic E-state index is 0.00144. The van der Waals surface area contributed by atoms with E-state index in [-0.39, 0.29) is 36.2 Å². The van der Waals surface area contributed by atoms with E-state index in [9.17, 15) is 40.2 Å². The Morgan fingerprint density at radius 2 is 0.979 bits per heavy atom. The fourth-order valence-electron chi connectivity index (χ4n) is 5.30. The smallest absolute Gasteiger partial charge is 0.338 e. The van der Waals surface area contributed by atoms with E-state index in [1.165, 1.54) is 0 Å². The maximum absolute atomic E-state index is 13.0. The second-order valence-corrected chi connectivity index (χ2v) is 11.2. The van der Waals surface area contributed by atoms with E-state index in [0.29, 0.717) is 37.2 Å². The van der Waals surface area contributed by atoms with Crippen LogP contribution >= 0.6 is 0 Å². The fraction of sp³-hybridized carbons (Fsp3) is 0.278. The van der Waals surface area contributed by atoms with Gasteiger partial charge in [0.25, 0.3) is 0 Å². The third kappa shape index (κ3) is 9.15. The Balaban J connectivity index is 1.55. The van der Waals surface area contributed by atoms with Crippen LogP contribution in [0.5, 0.6) is 46.0 Å². The minimum atomic E-state index is -0.808. The van der Waals surface area contributed by atoms with Gasteiger partial charge in [-0.25, -0.2) is 9.59 Å². The molecule has 0 radical (unpaired) electrons. The maximum Gasteiger partial charge on any atom is 0.338 e. The number of methoxy groups -OCH3 is 2. The van der Waals surface area contributed by atoms with Crippen molar-refractivity contribution in [1.82, 2.24) is 0 Å². The highest BCUT2D eigenvalue weighted by Gasteiger charge is 2.26. The molecular weight excluding hydrogens is 624 g/mol. The van der Waals surface area contributed by atoms with Crippen molar-refractivity contribution >= 4 is 11.9 Å². The first-order valence-corrected chi connectivity index (χ1v) is 15.1. The molecule has 12 heteroatoms. The Bertz CT molecular complexity index is 1650. The largest absolute Gasteiger partial charge is 0.504 e. The summed E-state index contributed by atoms with van der Waals surface area (Å²) in [6, 6.07) is 19.1. The molecular formula is C36H38O12. The number of carbonyl (C=O) groups excluding carboxylic acids is 2. The summed E-state index contributed by atoms with van der Waals surface area (Å²) < 4.78 is 21.7. The molecule has 6 N–H and O–H groups in total. The number of rotatable bonds is 15. The molecule has 0 aliphatic heterocycles. The predicted molar refractivity (Wildman–Crippen MR) is 173 cm³/mol. The lowest BCUT2D eigenvalue weighted by molar-refractivity contribution is 0.0361. The average Bonchev–Trinajstić information content (AvgIpc) is 3.09. The van der Waals surface area contributed by atoms with Gasteiger partial charge < -0.3 is 49.6 Å². The van der Waals surface area contributed by atoms with Crippen molar-refractivity contribution in [3.63, 3.8) is 0 Å². The first-order chi connectivity index (χ1) is 23.0. The van der Waals surface area contributed by atoms with E-state index in [4.69, 9.17) is 18.9 Å². The van der Waals surface area contributed by atoms with Crippen molar-refractivity contribution < 1.29 is 59.2 Å². The summed E-state index contributed by atoms with van der Waals surface area (Å²) in [4.78, 5) is 25.6. The highest BCUT2D eigenvalue weighted by molar-refractivity contribution is 5.91. The van der Waals surface area contributed by atoms with Gasteiger partial charge in [0.2, 0.25) is 0 Å². The summed E-state index contributed by atoms with van der Waals surface area (Å²) in [6.07, 6.45) is 2.01. The molecule has 48 heavy (non-hydrogen) atoms. The molecule has 12 nitrogen and oxygen atoms in total. The molecule has 0 aliphatic carbocycles. The molecule has 0 aliphatic rings. The van der Waals surface area contributed by atoms with E-state index in [0.717, 1.165) is 35.4 Å². The molecule has 0 saturated heterocycles. The molecule has 0 spiro atoms. The van der Waals surface area contributed by atoms with Gasteiger partial charge in [-0.1, -0.05) is 24.3 Å². The van der Waals surface area contributed by atoms with Crippen LogP contribution in [0.4, 0.5) is 0 Å². The number of benzene rings is 4. The van der Waals surface area contributed by atoms with E-state index >= 15 is 0 Å². The van der Waals surface area contributed by atoms with Crippen molar-refractivity contribution in [3.05, 3.63) is 95.1 Å². The van der Waals surface area contributed by atoms with Crippen molar-refractivity contribution in [2.24, 2.45) is 11.8 Å². The van der Waals surface area contributed by atoms with Gasteiger partial charge in [-0.3, -0.25) is 0 Å². The van der Waals surface area contributed by atoms with Gasteiger partial charge in [-0.2, -0.15) is 0 Å². The quantitative estimate of drug-likeness (QED) is 0.0537. The average molecular weight is 663 g/mol. The van der Waals surface area contributed by atoms with Gasteiger partial charge in [-0.15, -0.1) is 0 Å². The second-order valence-electron chi connectivity index (χ2n) is 11.2. The highest BCUT2D eigenvalue weighted by Crippen LogP contribution is 2.37. The molecule has 0 unspecified atom stereocenters. The van der Waals surface area contributed by atoms with Crippen LogP contribution < -0.4 is 9.47 Å².